The van der Waals surface area contributed by atoms with Gasteiger partial charge in [0.15, 0.2) is 0 Å². The standard InChI is InChI=1S/C16H27ClN2/c1-6-19(7-2)13(5)16(18,12(3)4)14-8-10-15(17)11-9-14/h8-13H,6-7,18H2,1-5H3. The number of nitrogens with zero attached hydrogens (tertiary/aromatic N) is 1. The largest absolute Gasteiger partial charge is 0.320 e. The van der Waals surface area contributed by atoms with Gasteiger partial charge >= 0.3 is 0 Å². The molecule has 0 aliphatic carbocycles. The van der Waals surface area contributed by atoms with Crippen LogP contribution in [-0.2, 0) is 5.54 Å². The Hall–Kier alpha value is -0.570. The second-order valence-electron chi connectivity index (χ2n) is 5.49. The lowest BCUT2D eigenvalue weighted by atomic mass is 9.75. The van der Waals surface area contributed by atoms with Crippen molar-refractivity contribution < 1.29 is 0 Å². The Morgan fingerprint density at radius 3 is 1.95 bits per heavy atom. The number of likely N-dealkylation sites (N-methyl/N-ethyl adjacent to an activating group) is 1. The third-order valence-electron chi connectivity index (χ3n) is 4.35. The van der Waals surface area contributed by atoms with Crippen LogP contribution in [0.15, 0.2) is 24.3 Å². The predicted octanol–water partition coefficient (Wildman–Crippen LogP) is 3.88. The van der Waals surface area contributed by atoms with E-state index in [4.69, 9.17) is 17.3 Å². The molecule has 1 aromatic rings. The summed E-state index contributed by atoms with van der Waals surface area (Å²) in [5.74, 6) is 0.351. The Kier molecular flexibility index (Phi) is 5.84. The predicted molar refractivity (Wildman–Crippen MR) is 84.5 cm³/mol. The Morgan fingerprint density at radius 1 is 1.11 bits per heavy atom. The minimum Gasteiger partial charge on any atom is -0.320 e. The van der Waals surface area contributed by atoms with Gasteiger partial charge in [0.1, 0.15) is 0 Å². The van der Waals surface area contributed by atoms with Crippen molar-refractivity contribution in [1.29, 1.82) is 0 Å². The first-order valence-corrected chi connectivity index (χ1v) is 7.54. The minimum atomic E-state index is -0.364. The van der Waals surface area contributed by atoms with Gasteiger partial charge in [-0.25, -0.2) is 0 Å². The average molecular weight is 283 g/mol. The molecule has 0 aliphatic rings. The van der Waals surface area contributed by atoms with Crippen LogP contribution in [0.25, 0.3) is 0 Å². The van der Waals surface area contributed by atoms with Gasteiger partial charge in [0.05, 0.1) is 5.54 Å². The molecular formula is C16H27ClN2. The maximum atomic E-state index is 6.82. The van der Waals surface area contributed by atoms with Crippen LogP contribution in [0.2, 0.25) is 5.02 Å². The quantitative estimate of drug-likeness (QED) is 0.858. The summed E-state index contributed by atoms with van der Waals surface area (Å²) in [6.07, 6.45) is 0. The molecule has 0 aromatic heterocycles. The second kappa shape index (κ2) is 6.74. The van der Waals surface area contributed by atoms with Crippen LogP contribution in [0.5, 0.6) is 0 Å². The average Bonchev–Trinajstić information content (AvgIpc) is 2.39. The van der Waals surface area contributed by atoms with Crippen LogP contribution in [0, 0.1) is 5.92 Å². The highest BCUT2D eigenvalue weighted by Crippen LogP contribution is 2.33. The number of benzene rings is 1. The maximum absolute atomic E-state index is 6.82. The van der Waals surface area contributed by atoms with Gasteiger partial charge in [-0.2, -0.15) is 0 Å². The fourth-order valence-electron chi connectivity index (χ4n) is 2.87. The normalized spacial score (nSPS) is 16.7. The van der Waals surface area contributed by atoms with E-state index < -0.39 is 0 Å². The van der Waals surface area contributed by atoms with Crippen molar-refractivity contribution in [2.24, 2.45) is 11.7 Å². The number of rotatable bonds is 6. The Morgan fingerprint density at radius 2 is 1.58 bits per heavy atom. The highest BCUT2D eigenvalue weighted by Gasteiger charge is 2.39. The molecule has 0 saturated heterocycles. The molecule has 0 saturated carbocycles. The van der Waals surface area contributed by atoms with Crippen molar-refractivity contribution in [3.63, 3.8) is 0 Å². The number of hydrogen-bond donors (Lipinski definition) is 1. The van der Waals surface area contributed by atoms with E-state index in [-0.39, 0.29) is 11.6 Å². The molecule has 1 aromatic carbocycles. The molecule has 108 valence electrons. The van der Waals surface area contributed by atoms with Gasteiger partial charge in [-0.15, -0.1) is 0 Å². The molecule has 0 heterocycles. The van der Waals surface area contributed by atoms with Gasteiger partial charge in [0, 0.05) is 11.1 Å². The van der Waals surface area contributed by atoms with Crippen molar-refractivity contribution in [2.75, 3.05) is 13.1 Å². The summed E-state index contributed by atoms with van der Waals surface area (Å²) < 4.78 is 0. The third-order valence-corrected chi connectivity index (χ3v) is 4.60. The van der Waals surface area contributed by atoms with E-state index in [1.165, 1.54) is 0 Å². The lowest BCUT2D eigenvalue weighted by Crippen LogP contribution is -2.57. The van der Waals surface area contributed by atoms with Crippen LogP contribution in [0.3, 0.4) is 0 Å². The Bertz CT molecular complexity index is 384. The molecule has 1 rings (SSSR count). The molecule has 0 fully saturated rings. The van der Waals surface area contributed by atoms with E-state index in [1.54, 1.807) is 0 Å². The lowest BCUT2D eigenvalue weighted by Gasteiger charge is -2.45. The number of hydrogen-bond acceptors (Lipinski definition) is 2. The summed E-state index contributed by atoms with van der Waals surface area (Å²) in [4.78, 5) is 2.41. The van der Waals surface area contributed by atoms with Crippen molar-refractivity contribution in [3.8, 4) is 0 Å². The lowest BCUT2D eigenvalue weighted by molar-refractivity contribution is 0.109. The minimum absolute atomic E-state index is 0.281. The fourth-order valence-corrected chi connectivity index (χ4v) is 2.99. The highest BCUT2D eigenvalue weighted by molar-refractivity contribution is 6.30. The molecule has 2 N–H and O–H groups in total. The first-order chi connectivity index (χ1) is 8.87. The topological polar surface area (TPSA) is 29.3 Å². The second-order valence-corrected chi connectivity index (χ2v) is 5.93. The van der Waals surface area contributed by atoms with E-state index in [1.807, 2.05) is 12.1 Å². The van der Waals surface area contributed by atoms with E-state index in [9.17, 15) is 0 Å². The maximum Gasteiger partial charge on any atom is 0.0587 e. The van der Waals surface area contributed by atoms with Crippen LogP contribution >= 0.6 is 11.6 Å². The van der Waals surface area contributed by atoms with E-state index >= 15 is 0 Å². The van der Waals surface area contributed by atoms with Crippen molar-refractivity contribution in [1.82, 2.24) is 4.90 Å². The molecule has 2 atom stereocenters. The van der Waals surface area contributed by atoms with Crippen LogP contribution in [-0.4, -0.2) is 24.0 Å². The molecule has 0 amide bonds. The monoisotopic (exact) mass is 282 g/mol. The SMILES string of the molecule is CCN(CC)C(C)C(N)(c1ccc(Cl)cc1)C(C)C. The molecule has 0 spiro atoms. The van der Waals surface area contributed by atoms with Gasteiger partial charge in [0.2, 0.25) is 0 Å². The van der Waals surface area contributed by atoms with Gasteiger partial charge in [-0.3, -0.25) is 4.90 Å². The molecule has 0 aliphatic heterocycles. The third kappa shape index (κ3) is 3.31. The zero-order valence-corrected chi connectivity index (χ0v) is 13.5. The first-order valence-electron chi connectivity index (χ1n) is 7.16. The molecule has 3 heteroatoms. The molecular weight excluding hydrogens is 256 g/mol. The molecule has 0 radical (unpaired) electrons. The highest BCUT2D eigenvalue weighted by atomic mass is 35.5. The summed E-state index contributed by atoms with van der Waals surface area (Å²) in [6, 6.07) is 8.25. The summed E-state index contributed by atoms with van der Waals surface area (Å²) in [7, 11) is 0. The molecule has 19 heavy (non-hydrogen) atoms. The van der Waals surface area contributed by atoms with Crippen LogP contribution in [0.1, 0.15) is 40.2 Å². The summed E-state index contributed by atoms with van der Waals surface area (Å²) in [5, 5.41) is 0.755. The summed E-state index contributed by atoms with van der Waals surface area (Å²) in [6.45, 7) is 13.0. The van der Waals surface area contributed by atoms with Gasteiger partial charge in [0.25, 0.3) is 0 Å². The molecule has 0 bridgehead atoms. The first kappa shape index (κ1) is 16.5. The zero-order chi connectivity index (χ0) is 14.6. The Balaban J connectivity index is 3.19. The van der Waals surface area contributed by atoms with Gasteiger partial charge in [-0.05, 0) is 43.6 Å². The van der Waals surface area contributed by atoms with Gasteiger partial charge < -0.3 is 5.73 Å². The van der Waals surface area contributed by atoms with Gasteiger partial charge in [-0.1, -0.05) is 51.4 Å². The molecule has 2 unspecified atom stereocenters. The van der Waals surface area contributed by atoms with E-state index in [0.29, 0.717) is 5.92 Å². The van der Waals surface area contributed by atoms with Crippen molar-refractivity contribution in [3.05, 3.63) is 34.9 Å². The smallest absolute Gasteiger partial charge is 0.0587 e. The Labute approximate surface area is 122 Å². The summed E-state index contributed by atoms with van der Waals surface area (Å²) >= 11 is 5.99. The van der Waals surface area contributed by atoms with Crippen LogP contribution < -0.4 is 5.73 Å². The van der Waals surface area contributed by atoms with Crippen LogP contribution in [0.4, 0.5) is 0 Å². The molecule has 2 nitrogen and oxygen atoms in total. The summed E-state index contributed by atoms with van der Waals surface area (Å²) in [5.41, 5.74) is 7.62. The van der Waals surface area contributed by atoms with Crippen molar-refractivity contribution in [2.45, 2.75) is 46.2 Å². The van der Waals surface area contributed by atoms with E-state index in [0.717, 1.165) is 23.7 Å². The zero-order valence-electron chi connectivity index (χ0n) is 12.8. The van der Waals surface area contributed by atoms with E-state index in [2.05, 4.69) is 51.7 Å². The number of nitrogens with two attached hydrogens (primary N) is 1. The fraction of sp³-hybridized carbons (Fsp3) is 0.625. The number of halogens is 1. The van der Waals surface area contributed by atoms with Crippen molar-refractivity contribution >= 4 is 11.6 Å².